The van der Waals surface area contributed by atoms with Gasteiger partial charge < -0.3 is 9.97 Å². The molecule has 1 fully saturated rings. The number of rotatable bonds is 6. The van der Waals surface area contributed by atoms with E-state index in [0.29, 0.717) is 11.8 Å². The summed E-state index contributed by atoms with van der Waals surface area (Å²) in [4.78, 5) is 14.1. The fourth-order valence-corrected chi connectivity index (χ4v) is 7.42. The molecule has 3 nitrogen and oxygen atoms in total. The Kier molecular flexibility index (Phi) is 11.6. The van der Waals surface area contributed by atoms with Crippen molar-refractivity contribution >= 4 is 21.6 Å². The van der Waals surface area contributed by atoms with Crippen LogP contribution in [0, 0.1) is 12.1 Å². The third kappa shape index (κ3) is 8.31. The Morgan fingerprint density at radius 3 is 2.16 bits per heavy atom. The molecule has 4 aromatic carbocycles. The summed E-state index contributed by atoms with van der Waals surface area (Å²) in [6.07, 6.45) is 10.4. The Bertz CT molecular complexity index is 2030. The van der Waals surface area contributed by atoms with Crippen LogP contribution in [0.3, 0.4) is 0 Å². The van der Waals surface area contributed by atoms with E-state index in [1.54, 1.807) is 17.5 Å². The molecule has 0 aliphatic heterocycles. The molecule has 5 heteroatoms. The molecule has 0 N–H and O–H groups in total. The minimum Gasteiger partial charge on any atom is -0.305 e. The number of thiazole rings is 1. The first-order valence-corrected chi connectivity index (χ1v) is 17.8. The van der Waals surface area contributed by atoms with Gasteiger partial charge in [0.15, 0.2) is 0 Å². The summed E-state index contributed by atoms with van der Waals surface area (Å²) in [7, 11) is 0. The maximum absolute atomic E-state index is 5.12. The summed E-state index contributed by atoms with van der Waals surface area (Å²) in [6.45, 7) is 4.45. The Labute approximate surface area is 307 Å². The van der Waals surface area contributed by atoms with Crippen molar-refractivity contribution in [2.75, 3.05) is 0 Å². The van der Waals surface area contributed by atoms with Crippen molar-refractivity contribution in [1.82, 2.24) is 15.0 Å². The number of hydrogen-bond acceptors (Lipinski definition) is 4. The molecule has 1 saturated carbocycles. The Morgan fingerprint density at radius 1 is 0.694 bits per heavy atom. The molecular formula is C44H39IrN3S-2. The summed E-state index contributed by atoms with van der Waals surface area (Å²) < 4.78 is 1.08. The summed E-state index contributed by atoms with van der Waals surface area (Å²) in [5.41, 5.74) is 11.3. The first kappa shape index (κ1) is 34.6. The Balaban J connectivity index is 0.000000270. The van der Waals surface area contributed by atoms with E-state index < -0.39 is 0 Å². The molecule has 0 saturated heterocycles. The van der Waals surface area contributed by atoms with Crippen LogP contribution in [-0.4, -0.2) is 15.0 Å². The fourth-order valence-electron chi connectivity index (χ4n) is 6.42. The van der Waals surface area contributed by atoms with Gasteiger partial charge in [-0.1, -0.05) is 117 Å². The van der Waals surface area contributed by atoms with Crippen molar-refractivity contribution in [2.24, 2.45) is 0 Å². The third-order valence-corrected chi connectivity index (χ3v) is 10.1. The van der Waals surface area contributed by atoms with Gasteiger partial charge in [0.1, 0.15) is 5.01 Å². The maximum atomic E-state index is 5.12. The van der Waals surface area contributed by atoms with Gasteiger partial charge >= 0.3 is 0 Å². The molecule has 0 atom stereocenters. The zero-order chi connectivity index (χ0) is 32.7. The van der Waals surface area contributed by atoms with Crippen LogP contribution >= 0.6 is 11.3 Å². The van der Waals surface area contributed by atoms with E-state index in [9.17, 15) is 0 Å². The molecule has 0 spiro atoms. The van der Waals surface area contributed by atoms with Gasteiger partial charge in [-0.05, 0) is 64.0 Å². The predicted octanol–water partition coefficient (Wildman–Crippen LogP) is 12.2. The minimum atomic E-state index is 0. The van der Waals surface area contributed by atoms with Crippen LogP contribution in [0.15, 0.2) is 128 Å². The Morgan fingerprint density at radius 2 is 1.45 bits per heavy atom. The molecule has 7 aromatic rings. The molecule has 1 aliphatic rings. The number of hydrogen-bond donors (Lipinski definition) is 0. The normalized spacial score (nSPS) is 13.0. The molecule has 8 rings (SSSR count). The van der Waals surface area contributed by atoms with E-state index in [1.807, 2.05) is 54.7 Å². The van der Waals surface area contributed by atoms with Gasteiger partial charge in [0.2, 0.25) is 0 Å². The van der Waals surface area contributed by atoms with Gasteiger partial charge in [-0.15, -0.1) is 64.9 Å². The van der Waals surface area contributed by atoms with Crippen LogP contribution in [0.2, 0.25) is 0 Å². The van der Waals surface area contributed by atoms with Crippen LogP contribution in [0.25, 0.3) is 54.4 Å². The van der Waals surface area contributed by atoms with Gasteiger partial charge in [-0.3, -0.25) is 4.98 Å². The van der Waals surface area contributed by atoms with E-state index in [4.69, 9.17) is 9.97 Å². The van der Waals surface area contributed by atoms with E-state index in [2.05, 4.69) is 97.7 Å². The first-order valence-electron chi connectivity index (χ1n) is 17.0. The monoisotopic (exact) mass is 834 g/mol. The standard InChI is InChI=1S/C33H31N2S.C11H8N.Ir/c1-22(2)27-17-18-34-30(20-27)28-19-29(25-15-13-24(14-16-25)23-9-5-3-6-10-23)32-31(21-28)36-33(35-32)26-11-7-4-8-12-26;1-2-6-10(7-3-1)11-8-4-5-9-12-11;/h4,7-8,11-20,22-23H,3,5-6,9-10H2,1-2H3;1-6,8-9H;/q2*-1;. The quantitative estimate of drug-likeness (QED) is 0.157. The number of pyridine rings is 2. The molecule has 247 valence electrons. The first-order chi connectivity index (χ1) is 23.6. The summed E-state index contributed by atoms with van der Waals surface area (Å²) in [5, 5.41) is 1.03. The molecule has 0 bridgehead atoms. The second-order valence-electron chi connectivity index (χ2n) is 12.7. The van der Waals surface area contributed by atoms with Crippen molar-refractivity contribution in [3.05, 3.63) is 151 Å². The summed E-state index contributed by atoms with van der Waals surface area (Å²) >= 11 is 1.71. The van der Waals surface area contributed by atoms with E-state index >= 15 is 0 Å². The predicted molar refractivity (Wildman–Crippen MR) is 201 cm³/mol. The van der Waals surface area contributed by atoms with Gasteiger partial charge in [0.25, 0.3) is 0 Å². The topological polar surface area (TPSA) is 38.7 Å². The second-order valence-corrected chi connectivity index (χ2v) is 13.7. The molecule has 0 amide bonds. The molecular weight excluding hydrogens is 795 g/mol. The van der Waals surface area contributed by atoms with Gasteiger partial charge in [0.05, 0.1) is 0 Å². The van der Waals surface area contributed by atoms with Gasteiger partial charge in [-0.25, -0.2) is 0 Å². The fraction of sp³-hybridized carbons (Fsp3) is 0.205. The average Bonchev–Trinajstić information content (AvgIpc) is 3.61. The minimum absolute atomic E-state index is 0. The van der Waals surface area contributed by atoms with Crippen LogP contribution in [-0.2, 0) is 20.1 Å². The number of fused-ring (bicyclic) bond motifs is 1. The van der Waals surface area contributed by atoms with Crippen LogP contribution in [0.1, 0.15) is 68.9 Å². The van der Waals surface area contributed by atoms with Crippen molar-refractivity contribution in [1.29, 1.82) is 0 Å². The smallest absolute Gasteiger partial charge is 0.112 e. The average molecular weight is 834 g/mol. The largest absolute Gasteiger partial charge is 0.305 e. The number of nitrogens with zero attached hydrogens (tertiary/aromatic N) is 3. The number of aromatic nitrogens is 3. The third-order valence-electron chi connectivity index (χ3n) is 9.11. The SMILES string of the molecule is CC(C)c1ccnc(-c2[c-]c3sc(-c4ccccc4)nc3c(-c3ccc(C4CCCCC4)cc3)c2)c1.[Ir].[c-]1ccccc1-c1ccccn1. The van der Waals surface area contributed by atoms with Crippen molar-refractivity contribution in [3.8, 4) is 44.2 Å². The van der Waals surface area contributed by atoms with Crippen LogP contribution < -0.4 is 0 Å². The Hall–Kier alpha value is -4.28. The van der Waals surface area contributed by atoms with E-state index in [-0.39, 0.29) is 20.1 Å². The van der Waals surface area contributed by atoms with E-state index in [0.717, 1.165) is 48.9 Å². The molecule has 0 unspecified atom stereocenters. The molecule has 3 aromatic heterocycles. The summed E-state index contributed by atoms with van der Waals surface area (Å²) in [6, 6.07) is 46.8. The molecule has 3 heterocycles. The van der Waals surface area contributed by atoms with E-state index in [1.165, 1.54) is 48.8 Å². The second kappa shape index (κ2) is 16.4. The van der Waals surface area contributed by atoms with Gasteiger partial charge in [0, 0.05) is 43.6 Å². The van der Waals surface area contributed by atoms with Crippen molar-refractivity contribution in [2.45, 2.75) is 57.8 Å². The molecule has 49 heavy (non-hydrogen) atoms. The zero-order valence-corrected chi connectivity index (χ0v) is 31.1. The zero-order valence-electron chi connectivity index (χ0n) is 27.9. The number of benzene rings is 4. The van der Waals surface area contributed by atoms with Crippen LogP contribution in [0.4, 0.5) is 0 Å². The maximum Gasteiger partial charge on any atom is 0.112 e. The van der Waals surface area contributed by atoms with Crippen molar-refractivity contribution < 1.29 is 20.1 Å². The van der Waals surface area contributed by atoms with Crippen LogP contribution in [0.5, 0.6) is 0 Å². The molecule has 1 aliphatic carbocycles. The summed E-state index contributed by atoms with van der Waals surface area (Å²) in [5.74, 6) is 1.16. The molecule has 1 radical (unpaired) electrons. The van der Waals surface area contributed by atoms with Crippen molar-refractivity contribution in [3.63, 3.8) is 0 Å². The van der Waals surface area contributed by atoms with Gasteiger partial charge in [-0.2, -0.15) is 0 Å².